The van der Waals surface area contributed by atoms with Gasteiger partial charge in [-0.2, -0.15) is 8.78 Å². The van der Waals surface area contributed by atoms with Gasteiger partial charge in [-0.3, -0.25) is 9.59 Å². The van der Waals surface area contributed by atoms with E-state index in [0.717, 1.165) is 0 Å². The number of rotatable bonds is 2. The average molecular weight is 120 g/mol. The van der Waals surface area contributed by atoms with Gasteiger partial charge in [0.25, 0.3) is 0 Å². The van der Waals surface area contributed by atoms with E-state index >= 15 is 0 Å². The molecule has 0 heterocycles. The van der Waals surface area contributed by atoms with E-state index in [0.29, 0.717) is 0 Å². The maximum absolute atomic E-state index is 11.0. The van der Waals surface area contributed by atoms with Crippen LogP contribution in [-0.2, 0) is 9.59 Å². The third-order valence-electron chi connectivity index (χ3n) is 0.345. The van der Waals surface area contributed by atoms with Crippen molar-refractivity contribution < 1.29 is 18.4 Å². The molecule has 2 nitrogen and oxygen atoms in total. The molecule has 0 saturated heterocycles. The van der Waals surface area contributed by atoms with Crippen LogP contribution in [0.5, 0.6) is 0 Å². The molecule has 0 aromatic carbocycles. The van der Waals surface area contributed by atoms with Gasteiger partial charge in [0, 0.05) is 12.2 Å². The van der Waals surface area contributed by atoms with Gasteiger partial charge in [-0.05, 0) is 0 Å². The van der Waals surface area contributed by atoms with E-state index in [9.17, 15) is 18.4 Å². The van der Waals surface area contributed by atoms with Crippen molar-refractivity contribution in [1.82, 2.24) is 0 Å². The van der Waals surface area contributed by atoms with Crippen LogP contribution in [0.3, 0.4) is 0 Å². The summed E-state index contributed by atoms with van der Waals surface area (Å²) in [5.41, 5.74) is 0. The van der Waals surface area contributed by atoms with Crippen LogP contribution in [0.1, 0.15) is 0 Å². The Bertz CT molecular complexity index is 123. The molecule has 4 heteroatoms. The summed E-state index contributed by atoms with van der Waals surface area (Å²) in [6.07, 6.45) is 0.421. The third-order valence-corrected chi connectivity index (χ3v) is 0.345. The van der Waals surface area contributed by atoms with Gasteiger partial charge in [-0.15, -0.1) is 0 Å². The van der Waals surface area contributed by atoms with E-state index < -0.39 is 12.1 Å². The van der Waals surface area contributed by atoms with E-state index in [1.54, 1.807) is 0 Å². The largest absolute Gasteiger partial charge is 0.325 e. The van der Waals surface area contributed by atoms with Gasteiger partial charge in [0.2, 0.25) is 0 Å². The molecule has 0 rings (SSSR count). The highest BCUT2D eigenvalue weighted by Crippen LogP contribution is 1.79. The minimum atomic E-state index is -1.84. The van der Waals surface area contributed by atoms with Crippen LogP contribution in [0.15, 0.2) is 12.2 Å². The average Bonchev–Trinajstić information content (AvgIpc) is 1.61. The van der Waals surface area contributed by atoms with Crippen molar-refractivity contribution in [3.63, 3.8) is 0 Å². The number of halogens is 2. The molecule has 0 saturated carbocycles. The van der Waals surface area contributed by atoms with Crippen molar-refractivity contribution >= 4 is 12.1 Å². The molecule has 0 radical (unpaired) electrons. The standard InChI is InChI=1S/C4H2F2O2/c5-3(7)1-2-4(6)8/h1-2H/b2-1+. The highest BCUT2D eigenvalue weighted by molar-refractivity contribution is 5.90. The zero-order valence-corrected chi connectivity index (χ0v) is 3.73. The van der Waals surface area contributed by atoms with Crippen LogP contribution in [0, 0.1) is 0 Å². The first-order valence-electron chi connectivity index (χ1n) is 1.70. The predicted octanol–water partition coefficient (Wildman–Crippen LogP) is 0.535. The monoisotopic (exact) mass is 120 g/mol. The molecule has 0 fully saturated rings. The lowest BCUT2D eigenvalue weighted by atomic mass is 10.5. The Morgan fingerprint density at radius 1 is 1.00 bits per heavy atom. The Kier molecular flexibility index (Phi) is 2.61. The van der Waals surface area contributed by atoms with E-state index in [1.165, 1.54) is 0 Å². The fraction of sp³-hybridized carbons (Fsp3) is 0. The van der Waals surface area contributed by atoms with Crippen LogP contribution in [0.25, 0.3) is 0 Å². The van der Waals surface area contributed by atoms with Gasteiger partial charge >= 0.3 is 12.1 Å². The molecular weight excluding hydrogens is 118 g/mol. The molecule has 0 aliphatic carbocycles. The first-order valence-corrected chi connectivity index (χ1v) is 1.70. The number of carbonyl (C=O) groups excluding carboxylic acids is 2. The first kappa shape index (κ1) is 6.94. The summed E-state index contributed by atoms with van der Waals surface area (Å²) < 4.78 is 22.0. The Balaban J connectivity index is 3.67. The Morgan fingerprint density at radius 2 is 1.25 bits per heavy atom. The highest BCUT2D eigenvalue weighted by Gasteiger charge is 1.90. The first-order chi connectivity index (χ1) is 3.63. The molecule has 44 valence electrons. The number of carbonyl (C=O) groups is 2. The summed E-state index contributed by atoms with van der Waals surface area (Å²) >= 11 is 0. The Hall–Kier alpha value is -1.06. The minimum Gasteiger partial charge on any atom is -0.256 e. The van der Waals surface area contributed by atoms with Gasteiger partial charge in [-0.1, -0.05) is 0 Å². The number of hydrogen-bond acceptors (Lipinski definition) is 2. The maximum atomic E-state index is 11.0. The summed E-state index contributed by atoms with van der Waals surface area (Å²) in [6.45, 7) is 0. The smallest absolute Gasteiger partial charge is 0.256 e. The highest BCUT2D eigenvalue weighted by atomic mass is 19.1. The van der Waals surface area contributed by atoms with Crippen molar-refractivity contribution in [2.45, 2.75) is 0 Å². The van der Waals surface area contributed by atoms with Gasteiger partial charge in [-0.25, -0.2) is 0 Å². The normalized spacial score (nSPS) is 9.75. The van der Waals surface area contributed by atoms with E-state index in [1.807, 2.05) is 0 Å². The van der Waals surface area contributed by atoms with E-state index in [2.05, 4.69) is 0 Å². The van der Waals surface area contributed by atoms with Crippen LogP contribution < -0.4 is 0 Å². The second kappa shape index (κ2) is 3.01. The minimum absolute atomic E-state index is 0.211. The molecule has 0 aromatic heterocycles. The fourth-order valence-electron chi connectivity index (χ4n) is 0.131. The van der Waals surface area contributed by atoms with Gasteiger partial charge in [0.1, 0.15) is 0 Å². The van der Waals surface area contributed by atoms with Crippen molar-refractivity contribution in [1.29, 1.82) is 0 Å². The summed E-state index contributed by atoms with van der Waals surface area (Å²) in [5.74, 6) is 0. The lowest BCUT2D eigenvalue weighted by Crippen LogP contribution is -1.82. The van der Waals surface area contributed by atoms with Crippen molar-refractivity contribution in [2.75, 3.05) is 0 Å². The molecule has 0 bridgehead atoms. The quantitative estimate of drug-likeness (QED) is 0.393. The zero-order chi connectivity index (χ0) is 6.57. The second-order valence-corrected chi connectivity index (χ2v) is 0.942. The summed E-state index contributed by atoms with van der Waals surface area (Å²) in [7, 11) is 0. The van der Waals surface area contributed by atoms with Crippen LogP contribution in [-0.4, -0.2) is 12.1 Å². The molecular formula is C4H2F2O2. The Labute approximate surface area is 43.8 Å². The Morgan fingerprint density at radius 3 is 1.38 bits per heavy atom. The summed E-state index contributed by atoms with van der Waals surface area (Å²) in [5, 5.41) is 0. The van der Waals surface area contributed by atoms with E-state index in [4.69, 9.17) is 0 Å². The molecule has 8 heavy (non-hydrogen) atoms. The molecule has 0 unspecified atom stereocenters. The fourth-order valence-corrected chi connectivity index (χ4v) is 0.131. The molecule has 0 spiro atoms. The van der Waals surface area contributed by atoms with Gasteiger partial charge < -0.3 is 0 Å². The SMILES string of the molecule is O=C(F)/C=C/C(=O)F. The topological polar surface area (TPSA) is 34.1 Å². The lowest BCUT2D eigenvalue weighted by Gasteiger charge is -1.68. The predicted molar refractivity (Wildman–Crippen MR) is 21.4 cm³/mol. The molecule has 0 aliphatic rings. The van der Waals surface area contributed by atoms with Crippen molar-refractivity contribution in [2.24, 2.45) is 0 Å². The van der Waals surface area contributed by atoms with Gasteiger partial charge in [0.05, 0.1) is 0 Å². The molecule has 0 N–H and O–H groups in total. The van der Waals surface area contributed by atoms with Crippen molar-refractivity contribution in [3.8, 4) is 0 Å². The summed E-state index contributed by atoms with van der Waals surface area (Å²) in [6, 6.07) is -3.67. The molecule has 0 aromatic rings. The molecule has 0 amide bonds. The maximum Gasteiger partial charge on any atom is 0.325 e. The second-order valence-electron chi connectivity index (χ2n) is 0.942. The van der Waals surface area contributed by atoms with Crippen molar-refractivity contribution in [3.05, 3.63) is 12.2 Å². The van der Waals surface area contributed by atoms with Crippen LogP contribution >= 0.6 is 0 Å². The zero-order valence-electron chi connectivity index (χ0n) is 3.73. The number of hydrogen-bond donors (Lipinski definition) is 0. The lowest BCUT2D eigenvalue weighted by molar-refractivity contribution is -0.126. The number of allylic oxidation sites excluding steroid dienone is 2. The molecule has 0 atom stereocenters. The molecule has 0 aliphatic heterocycles. The third kappa shape index (κ3) is 4.94. The summed E-state index contributed by atoms with van der Waals surface area (Å²) in [4.78, 5) is 18.6. The van der Waals surface area contributed by atoms with Crippen LogP contribution in [0.4, 0.5) is 8.78 Å². The van der Waals surface area contributed by atoms with E-state index in [-0.39, 0.29) is 12.2 Å². The van der Waals surface area contributed by atoms with Gasteiger partial charge in [0.15, 0.2) is 0 Å². The van der Waals surface area contributed by atoms with Crippen LogP contribution in [0.2, 0.25) is 0 Å².